The molecular weight excluding hydrogens is 349 g/mol. The topological polar surface area (TPSA) is 24.5 Å². The average molecular weight is 367 g/mol. The van der Waals surface area contributed by atoms with Gasteiger partial charge < -0.3 is 15.0 Å². The van der Waals surface area contributed by atoms with E-state index in [0.717, 1.165) is 13.0 Å². The Balaban J connectivity index is 2.36. The van der Waals surface area contributed by atoms with Crippen molar-refractivity contribution in [2.75, 3.05) is 18.0 Å². The quantitative estimate of drug-likeness (QED) is 0.877. The lowest BCUT2D eigenvalue weighted by Crippen LogP contribution is -2.55. The molecule has 1 aromatic rings. The number of alkyl halides is 3. The van der Waals surface area contributed by atoms with Crippen LogP contribution in [0.4, 0.5) is 18.9 Å². The van der Waals surface area contributed by atoms with Crippen molar-refractivity contribution >= 4 is 21.6 Å². The summed E-state index contributed by atoms with van der Waals surface area (Å²) in [7, 11) is 0. The standard InChI is InChI=1S/C14H18BrF3N2O/c1-3-11-7-19-9(2)8-20(11)12-5-4-10(15)6-13(12)21-14(16,17)18/h4-6,9,11,19H,3,7-8H2,1-2H3. The first-order chi connectivity index (χ1) is 9.80. The van der Waals surface area contributed by atoms with Gasteiger partial charge in [-0.05, 0) is 31.5 Å². The van der Waals surface area contributed by atoms with E-state index < -0.39 is 6.36 Å². The monoisotopic (exact) mass is 366 g/mol. The second-order valence-corrected chi connectivity index (χ2v) is 6.10. The molecule has 0 spiro atoms. The Morgan fingerprint density at radius 1 is 1.43 bits per heavy atom. The van der Waals surface area contributed by atoms with E-state index in [1.807, 2.05) is 18.7 Å². The van der Waals surface area contributed by atoms with Crippen LogP contribution in [0.2, 0.25) is 0 Å². The van der Waals surface area contributed by atoms with Crippen LogP contribution < -0.4 is 15.0 Å². The lowest BCUT2D eigenvalue weighted by Gasteiger charge is -2.41. The van der Waals surface area contributed by atoms with Gasteiger partial charge in [-0.1, -0.05) is 22.9 Å². The molecule has 0 aromatic heterocycles. The van der Waals surface area contributed by atoms with Gasteiger partial charge in [-0.2, -0.15) is 0 Å². The highest BCUT2D eigenvalue weighted by Crippen LogP contribution is 2.37. The molecule has 0 aliphatic carbocycles. The number of hydrogen-bond acceptors (Lipinski definition) is 3. The van der Waals surface area contributed by atoms with Gasteiger partial charge in [-0.25, -0.2) is 0 Å². The van der Waals surface area contributed by atoms with E-state index in [4.69, 9.17) is 0 Å². The maximum atomic E-state index is 12.6. The molecule has 118 valence electrons. The Hall–Kier alpha value is -0.950. The van der Waals surface area contributed by atoms with Gasteiger partial charge in [-0.15, -0.1) is 13.2 Å². The molecule has 2 atom stereocenters. The normalized spacial score (nSPS) is 23.2. The Kier molecular flexibility index (Phi) is 5.03. The molecular formula is C14H18BrF3N2O. The van der Waals surface area contributed by atoms with E-state index >= 15 is 0 Å². The second-order valence-electron chi connectivity index (χ2n) is 5.18. The highest BCUT2D eigenvalue weighted by atomic mass is 79.9. The highest BCUT2D eigenvalue weighted by molar-refractivity contribution is 9.10. The Bertz CT molecular complexity index is 496. The molecule has 1 saturated heterocycles. The molecule has 1 N–H and O–H groups in total. The van der Waals surface area contributed by atoms with E-state index in [0.29, 0.717) is 16.7 Å². The molecule has 0 radical (unpaired) electrons. The minimum atomic E-state index is -4.70. The van der Waals surface area contributed by atoms with Crippen molar-refractivity contribution in [1.82, 2.24) is 5.32 Å². The number of benzene rings is 1. The molecule has 2 rings (SSSR count). The zero-order chi connectivity index (χ0) is 15.6. The summed E-state index contributed by atoms with van der Waals surface area (Å²) in [4.78, 5) is 1.99. The fourth-order valence-electron chi connectivity index (χ4n) is 2.55. The minimum absolute atomic E-state index is 0.151. The predicted molar refractivity (Wildman–Crippen MR) is 79.7 cm³/mol. The average Bonchev–Trinajstić information content (AvgIpc) is 2.37. The summed E-state index contributed by atoms with van der Waals surface area (Å²) in [5, 5.41) is 3.35. The summed E-state index contributed by atoms with van der Waals surface area (Å²) in [6.07, 6.45) is -3.85. The Labute approximate surface area is 130 Å². The highest BCUT2D eigenvalue weighted by Gasteiger charge is 2.34. The number of halogens is 4. The maximum Gasteiger partial charge on any atom is 0.573 e. The maximum absolute atomic E-state index is 12.6. The van der Waals surface area contributed by atoms with Crippen LogP contribution in [-0.4, -0.2) is 31.5 Å². The van der Waals surface area contributed by atoms with Crippen molar-refractivity contribution in [3.05, 3.63) is 22.7 Å². The molecule has 0 bridgehead atoms. The summed E-state index contributed by atoms with van der Waals surface area (Å²) in [5.41, 5.74) is 0.482. The molecule has 0 amide bonds. The van der Waals surface area contributed by atoms with Crippen molar-refractivity contribution in [2.24, 2.45) is 0 Å². The zero-order valence-electron chi connectivity index (χ0n) is 11.9. The van der Waals surface area contributed by atoms with Gasteiger partial charge in [0.05, 0.1) is 5.69 Å². The lowest BCUT2D eigenvalue weighted by atomic mass is 10.1. The summed E-state index contributed by atoms with van der Waals surface area (Å²) in [5.74, 6) is -0.163. The number of hydrogen-bond donors (Lipinski definition) is 1. The Morgan fingerprint density at radius 2 is 2.14 bits per heavy atom. The Morgan fingerprint density at radius 3 is 2.76 bits per heavy atom. The van der Waals surface area contributed by atoms with E-state index in [1.54, 1.807) is 12.1 Å². The van der Waals surface area contributed by atoms with Crippen LogP contribution >= 0.6 is 15.9 Å². The van der Waals surface area contributed by atoms with Gasteiger partial charge in [0.25, 0.3) is 0 Å². The predicted octanol–water partition coefficient (Wildman–Crippen LogP) is 3.92. The van der Waals surface area contributed by atoms with Crippen molar-refractivity contribution in [3.63, 3.8) is 0 Å². The molecule has 1 aliphatic rings. The fraction of sp³-hybridized carbons (Fsp3) is 0.571. The van der Waals surface area contributed by atoms with Crippen LogP contribution in [0.1, 0.15) is 20.3 Å². The van der Waals surface area contributed by atoms with Crippen LogP contribution in [0.25, 0.3) is 0 Å². The molecule has 1 fully saturated rings. The van der Waals surface area contributed by atoms with Crippen LogP contribution in [-0.2, 0) is 0 Å². The third kappa shape index (κ3) is 4.26. The third-order valence-electron chi connectivity index (χ3n) is 3.54. The number of anilines is 1. The van der Waals surface area contributed by atoms with Gasteiger partial charge in [0, 0.05) is 29.6 Å². The first-order valence-electron chi connectivity index (χ1n) is 6.85. The summed E-state index contributed by atoms with van der Waals surface area (Å²) < 4.78 is 42.6. The van der Waals surface area contributed by atoms with Gasteiger partial charge in [0.2, 0.25) is 0 Å². The van der Waals surface area contributed by atoms with Crippen LogP contribution in [0, 0.1) is 0 Å². The van der Waals surface area contributed by atoms with E-state index in [9.17, 15) is 13.2 Å². The first-order valence-corrected chi connectivity index (χ1v) is 7.64. The van der Waals surface area contributed by atoms with Gasteiger partial charge in [0.1, 0.15) is 0 Å². The van der Waals surface area contributed by atoms with Crippen molar-refractivity contribution < 1.29 is 17.9 Å². The summed E-state index contributed by atoms with van der Waals surface area (Å²) in [6.45, 7) is 5.44. The smallest absolute Gasteiger partial charge is 0.404 e. The van der Waals surface area contributed by atoms with Crippen LogP contribution in [0.3, 0.4) is 0 Å². The molecule has 21 heavy (non-hydrogen) atoms. The van der Waals surface area contributed by atoms with E-state index in [2.05, 4.69) is 26.0 Å². The molecule has 1 aliphatic heterocycles. The van der Waals surface area contributed by atoms with Crippen molar-refractivity contribution in [1.29, 1.82) is 0 Å². The van der Waals surface area contributed by atoms with E-state index in [-0.39, 0.29) is 17.8 Å². The summed E-state index contributed by atoms with van der Waals surface area (Å²) >= 11 is 3.19. The van der Waals surface area contributed by atoms with Crippen LogP contribution in [0.15, 0.2) is 22.7 Å². The number of piperazine rings is 1. The first kappa shape index (κ1) is 16.4. The molecule has 7 heteroatoms. The third-order valence-corrected chi connectivity index (χ3v) is 4.03. The van der Waals surface area contributed by atoms with E-state index in [1.165, 1.54) is 6.07 Å². The molecule has 1 aromatic carbocycles. The molecule has 3 nitrogen and oxygen atoms in total. The van der Waals surface area contributed by atoms with Gasteiger partial charge in [0.15, 0.2) is 5.75 Å². The SMILES string of the molecule is CCC1CNC(C)CN1c1ccc(Br)cc1OC(F)(F)F. The second kappa shape index (κ2) is 6.44. The van der Waals surface area contributed by atoms with Gasteiger partial charge >= 0.3 is 6.36 Å². The minimum Gasteiger partial charge on any atom is -0.404 e. The van der Waals surface area contributed by atoms with Crippen LogP contribution in [0.5, 0.6) is 5.75 Å². The van der Waals surface area contributed by atoms with Crippen molar-refractivity contribution in [3.8, 4) is 5.75 Å². The number of nitrogens with one attached hydrogen (secondary N) is 1. The lowest BCUT2D eigenvalue weighted by molar-refractivity contribution is -0.274. The van der Waals surface area contributed by atoms with Crippen molar-refractivity contribution in [2.45, 2.75) is 38.7 Å². The summed E-state index contributed by atoms with van der Waals surface area (Å²) in [6, 6.07) is 5.14. The largest absolute Gasteiger partial charge is 0.573 e. The van der Waals surface area contributed by atoms with Gasteiger partial charge in [-0.3, -0.25) is 0 Å². The number of ether oxygens (including phenoxy) is 1. The number of nitrogens with zero attached hydrogens (tertiary/aromatic N) is 1. The molecule has 0 saturated carbocycles. The fourth-order valence-corrected chi connectivity index (χ4v) is 2.89. The zero-order valence-corrected chi connectivity index (χ0v) is 13.5. The number of rotatable bonds is 3. The molecule has 2 unspecified atom stereocenters. The molecule has 1 heterocycles.